The molecule has 2 fully saturated rings. The number of carbonyl (C=O) groups excluding carboxylic acids is 1. The van der Waals surface area contributed by atoms with Gasteiger partial charge >= 0.3 is 0 Å². The molecule has 0 radical (unpaired) electrons. The molecule has 2 aliphatic heterocycles. The van der Waals surface area contributed by atoms with Crippen LogP contribution >= 0.6 is 0 Å². The molecule has 0 aromatic heterocycles. The average Bonchev–Trinajstić information content (AvgIpc) is 3.01. The molecule has 4 nitrogen and oxygen atoms in total. The summed E-state index contributed by atoms with van der Waals surface area (Å²) in [6.07, 6.45) is 0.767. The molecule has 2 heterocycles. The first-order valence-corrected chi connectivity index (χ1v) is 6.60. The third-order valence-electron chi connectivity index (χ3n) is 3.72. The third kappa shape index (κ3) is 2.62. The molecule has 0 spiro atoms. The number of carbonyl (C=O) groups is 1. The van der Waals surface area contributed by atoms with E-state index in [-0.39, 0.29) is 17.9 Å². The molecule has 2 saturated heterocycles. The van der Waals surface area contributed by atoms with Crippen LogP contribution in [-0.4, -0.2) is 37.1 Å². The van der Waals surface area contributed by atoms with E-state index in [1.54, 1.807) is 11.0 Å². The summed E-state index contributed by atoms with van der Waals surface area (Å²) >= 11 is 0. The van der Waals surface area contributed by atoms with Crippen molar-refractivity contribution in [3.05, 3.63) is 35.6 Å². The van der Waals surface area contributed by atoms with Crippen LogP contribution in [0, 0.1) is 11.7 Å². The van der Waals surface area contributed by atoms with Crippen molar-refractivity contribution in [1.29, 1.82) is 0 Å². The maximum absolute atomic E-state index is 13.3. The summed E-state index contributed by atoms with van der Waals surface area (Å²) in [5.74, 6) is 0.184. The Balaban J connectivity index is 1.77. The molecular weight excluding hydrogens is 247 g/mol. The van der Waals surface area contributed by atoms with Crippen LogP contribution in [0.1, 0.15) is 18.2 Å². The van der Waals surface area contributed by atoms with Crippen molar-refractivity contribution in [2.75, 3.05) is 26.3 Å². The Hall–Kier alpha value is -1.46. The Kier molecular flexibility index (Phi) is 3.48. The van der Waals surface area contributed by atoms with Crippen molar-refractivity contribution in [3.63, 3.8) is 0 Å². The van der Waals surface area contributed by atoms with Crippen molar-refractivity contribution in [3.8, 4) is 0 Å². The number of hydrogen-bond donors (Lipinski definition) is 1. The molecule has 1 aromatic carbocycles. The lowest BCUT2D eigenvalue weighted by molar-refractivity contribution is -0.128. The van der Waals surface area contributed by atoms with Gasteiger partial charge in [0, 0.05) is 19.1 Å². The van der Waals surface area contributed by atoms with Gasteiger partial charge in [-0.05, 0) is 24.1 Å². The Morgan fingerprint density at radius 1 is 1.47 bits per heavy atom. The third-order valence-corrected chi connectivity index (χ3v) is 3.72. The molecule has 1 amide bonds. The van der Waals surface area contributed by atoms with Gasteiger partial charge in [0.05, 0.1) is 13.2 Å². The normalized spacial score (nSPS) is 27.2. The fourth-order valence-corrected chi connectivity index (χ4v) is 2.73. The molecule has 1 N–H and O–H groups in total. The predicted molar refractivity (Wildman–Crippen MR) is 67.8 cm³/mol. The van der Waals surface area contributed by atoms with Crippen molar-refractivity contribution in [2.45, 2.75) is 12.6 Å². The first-order chi connectivity index (χ1) is 9.24. The van der Waals surface area contributed by atoms with Crippen LogP contribution in [0.15, 0.2) is 24.3 Å². The smallest absolute Gasteiger partial charge is 0.238 e. The first kappa shape index (κ1) is 12.6. The van der Waals surface area contributed by atoms with E-state index < -0.39 is 0 Å². The van der Waals surface area contributed by atoms with Crippen LogP contribution in [0.4, 0.5) is 4.39 Å². The molecule has 1 aromatic rings. The lowest BCUT2D eigenvalue weighted by Crippen LogP contribution is -2.35. The SMILES string of the molecule is O=C1CNC(c2cccc(F)c2)N1CC1CCOC1. The molecule has 0 bridgehead atoms. The number of ether oxygens (including phenoxy) is 1. The summed E-state index contributed by atoms with van der Waals surface area (Å²) in [5, 5.41) is 3.14. The van der Waals surface area contributed by atoms with Crippen LogP contribution < -0.4 is 5.32 Å². The number of benzene rings is 1. The van der Waals surface area contributed by atoms with Gasteiger partial charge in [-0.3, -0.25) is 10.1 Å². The number of rotatable bonds is 3. The Labute approximate surface area is 111 Å². The molecule has 3 rings (SSSR count). The molecule has 2 unspecified atom stereocenters. The summed E-state index contributed by atoms with van der Waals surface area (Å²) in [6.45, 7) is 2.46. The summed E-state index contributed by atoms with van der Waals surface area (Å²) in [4.78, 5) is 13.8. The summed E-state index contributed by atoms with van der Waals surface area (Å²) < 4.78 is 18.6. The summed E-state index contributed by atoms with van der Waals surface area (Å²) in [7, 11) is 0. The van der Waals surface area contributed by atoms with Crippen LogP contribution in [0.3, 0.4) is 0 Å². The van der Waals surface area contributed by atoms with Crippen LogP contribution in [0.2, 0.25) is 0 Å². The standard InChI is InChI=1S/C14H17FN2O2/c15-12-3-1-2-11(6-12)14-16-7-13(18)17(14)8-10-4-5-19-9-10/h1-3,6,10,14,16H,4-5,7-9H2. The monoisotopic (exact) mass is 264 g/mol. The zero-order chi connectivity index (χ0) is 13.2. The Morgan fingerprint density at radius 3 is 3.11 bits per heavy atom. The predicted octanol–water partition coefficient (Wildman–Crippen LogP) is 1.29. The van der Waals surface area contributed by atoms with E-state index >= 15 is 0 Å². The minimum atomic E-state index is -0.275. The number of hydrogen-bond acceptors (Lipinski definition) is 3. The lowest BCUT2D eigenvalue weighted by atomic mass is 10.1. The zero-order valence-electron chi connectivity index (χ0n) is 10.6. The highest BCUT2D eigenvalue weighted by atomic mass is 19.1. The summed E-state index contributed by atoms with van der Waals surface area (Å²) in [5.41, 5.74) is 0.796. The topological polar surface area (TPSA) is 41.6 Å². The van der Waals surface area contributed by atoms with Crippen molar-refractivity contribution in [1.82, 2.24) is 10.2 Å². The van der Waals surface area contributed by atoms with Gasteiger partial charge < -0.3 is 9.64 Å². The molecule has 0 saturated carbocycles. The quantitative estimate of drug-likeness (QED) is 0.894. The maximum atomic E-state index is 13.3. The summed E-state index contributed by atoms with van der Waals surface area (Å²) in [6, 6.07) is 6.41. The van der Waals surface area contributed by atoms with E-state index in [2.05, 4.69) is 5.32 Å². The lowest BCUT2D eigenvalue weighted by Gasteiger charge is -2.27. The molecule has 5 heteroatoms. The largest absolute Gasteiger partial charge is 0.381 e. The van der Waals surface area contributed by atoms with E-state index in [1.807, 2.05) is 6.07 Å². The van der Waals surface area contributed by atoms with Crippen LogP contribution in [0.5, 0.6) is 0 Å². The van der Waals surface area contributed by atoms with Gasteiger partial charge in [-0.25, -0.2) is 4.39 Å². The van der Waals surface area contributed by atoms with E-state index in [0.717, 1.165) is 18.6 Å². The number of nitrogens with zero attached hydrogens (tertiary/aromatic N) is 1. The highest BCUT2D eigenvalue weighted by molar-refractivity contribution is 5.81. The number of halogens is 1. The van der Waals surface area contributed by atoms with Crippen LogP contribution in [0.25, 0.3) is 0 Å². The Morgan fingerprint density at radius 2 is 2.37 bits per heavy atom. The van der Waals surface area contributed by atoms with Gasteiger partial charge in [0.1, 0.15) is 12.0 Å². The minimum Gasteiger partial charge on any atom is -0.381 e. The maximum Gasteiger partial charge on any atom is 0.238 e. The highest BCUT2D eigenvalue weighted by Gasteiger charge is 2.34. The second-order valence-corrected chi connectivity index (χ2v) is 5.11. The minimum absolute atomic E-state index is 0.0705. The number of amides is 1. The first-order valence-electron chi connectivity index (χ1n) is 6.60. The fourth-order valence-electron chi connectivity index (χ4n) is 2.73. The molecule has 2 aliphatic rings. The van der Waals surface area contributed by atoms with Crippen molar-refractivity contribution in [2.24, 2.45) is 5.92 Å². The molecule has 102 valence electrons. The molecule has 2 atom stereocenters. The van der Waals surface area contributed by atoms with Crippen LogP contribution in [-0.2, 0) is 9.53 Å². The van der Waals surface area contributed by atoms with E-state index in [1.165, 1.54) is 12.1 Å². The molecular formula is C14H17FN2O2. The molecule has 19 heavy (non-hydrogen) atoms. The second-order valence-electron chi connectivity index (χ2n) is 5.11. The van der Waals surface area contributed by atoms with Gasteiger partial charge in [0.25, 0.3) is 0 Å². The fraction of sp³-hybridized carbons (Fsp3) is 0.500. The highest BCUT2D eigenvalue weighted by Crippen LogP contribution is 2.26. The second kappa shape index (κ2) is 5.27. The molecule has 0 aliphatic carbocycles. The van der Waals surface area contributed by atoms with Gasteiger partial charge in [-0.2, -0.15) is 0 Å². The van der Waals surface area contributed by atoms with Gasteiger partial charge in [-0.1, -0.05) is 12.1 Å². The zero-order valence-corrected chi connectivity index (χ0v) is 10.6. The van der Waals surface area contributed by atoms with E-state index in [4.69, 9.17) is 4.74 Å². The number of nitrogens with one attached hydrogen (secondary N) is 1. The average molecular weight is 264 g/mol. The Bertz CT molecular complexity index is 474. The van der Waals surface area contributed by atoms with Gasteiger partial charge in [0.2, 0.25) is 5.91 Å². The van der Waals surface area contributed by atoms with Crippen molar-refractivity contribution >= 4 is 5.91 Å². The van der Waals surface area contributed by atoms with Gasteiger partial charge in [0.15, 0.2) is 0 Å². The van der Waals surface area contributed by atoms with Crippen molar-refractivity contribution < 1.29 is 13.9 Å². The van der Waals surface area contributed by atoms with E-state index in [0.29, 0.717) is 25.6 Å². The van der Waals surface area contributed by atoms with Gasteiger partial charge in [-0.15, -0.1) is 0 Å². The van der Waals surface area contributed by atoms with E-state index in [9.17, 15) is 9.18 Å².